The van der Waals surface area contributed by atoms with Crippen molar-refractivity contribution in [2.24, 2.45) is 16.7 Å². The van der Waals surface area contributed by atoms with Crippen LogP contribution in [0.5, 0.6) is 0 Å². The van der Waals surface area contributed by atoms with Gasteiger partial charge in [0.15, 0.2) is 5.84 Å². The molecule has 5 N–H and O–H groups in total. The van der Waals surface area contributed by atoms with Gasteiger partial charge >= 0.3 is 6.18 Å². The lowest BCUT2D eigenvalue weighted by Gasteiger charge is -2.38. The molecule has 0 saturated carbocycles. The van der Waals surface area contributed by atoms with Crippen molar-refractivity contribution in [3.63, 3.8) is 0 Å². The quantitative estimate of drug-likeness (QED) is 0.176. The third kappa shape index (κ3) is 6.62. The number of anilines is 1. The zero-order valence-electron chi connectivity index (χ0n) is 21.4. The molecule has 2 aromatic carbocycles. The number of amidine groups is 1. The zero-order valence-corrected chi connectivity index (χ0v) is 21.4. The van der Waals surface area contributed by atoms with Crippen LogP contribution in [-0.4, -0.2) is 45.7 Å². The zero-order chi connectivity index (χ0) is 27.2. The topological polar surface area (TPSA) is 106 Å². The summed E-state index contributed by atoms with van der Waals surface area (Å²) in [7, 11) is 5.38. The van der Waals surface area contributed by atoms with E-state index in [0.29, 0.717) is 12.0 Å². The second-order valence-electron chi connectivity index (χ2n) is 9.39. The highest BCUT2D eigenvalue weighted by molar-refractivity contribution is 6.26. The van der Waals surface area contributed by atoms with Crippen molar-refractivity contribution in [3.05, 3.63) is 70.8 Å². The predicted molar refractivity (Wildman–Crippen MR) is 140 cm³/mol. The van der Waals surface area contributed by atoms with E-state index in [9.17, 15) is 18.0 Å². The van der Waals surface area contributed by atoms with Crippen molar-refractivity contribution in [3.8, 4) is 0 Å². The lowest BCUT2D eigenvalue weighted by Crippen LogP contribution is -2.50. The Morgan fingerprint density at radius 3 is 2.43 bits per heavy atom. The van der Waals surface area contributed by atoms with Gasteiger partial charge in [-0.05, 0) is 53.7 Å². The first-order chi connectivity index (χ1) is 17.5. The summed E-state index contributed by atoms with van der Waals surface area (Å²) in [4.78, 5) is 15.2. The molecule has 1 aliphatic heterocycles. The molecular formula is C27H34F3N5O2. The molecule has 200 valence electrons. The molecule has 10 heteroatoms. The lowest BCUT2D eigenvalue weighted by atomic mass is 9.77. The molecule has 0 aromatic heterocycles. The number of amides is 1. The third-order valence-corrected chi connectivity index (χ3v) is 6.65. The summed E-state index contributed by atoms with van der Waals surface area (Å²) in [6, 6.07) is 16.5. The SMILES string of the molecule is CN(C)c1ccc(C2=C(/C(N)=N/N)C(=O)NC3(CCc4ccccc43)C2)cc1.COCCCC(F)(F)F. The van der Waals surface area contributed by atoms with E-state index in [-0.39, 0.29) is 24.8 Å². The Balaban J connectivity index is 0.000000364. The molecule has 0 bridgehead atoms. The maximum absolute atomic E-state index is 13.1. The Kier molecular flexibility index (Phi) is 8.85. The molecule has 1 heterocycles. The molecule has 1 amide bonds. The van der Waals surface area contributed by atoms with E-state index in [4.69, 9.17) is 11.6 Å². The molecule has 1 unspecified atom stereocenters. The Labute approximate surface area is 215 Å². The van der Waals surface area contributed by atoms with Crippen LogP contribution < -0.4 is 21.8 Å². The van der Waals surface area contributed by atoms with Crippen molar-refractivity contribution in [1.29, 1.82) is 0 Å². The van der Waals surface area contributed by atoms with Gasteiger partial charge < -0.3 is 26.5 Å². The first-order valence-corrected chi connectivity index (χ1v) is 12.0. The first kappa shape index (κ1) is 28.0. The summed E-state index contributed by atoms with van der Waals surface area (Å²) < 4.78 is 38.4. The highest BCUT2D eigenvalue weighted by Crippen LogP contribution is 2.46. The molecule has 2 aromatic rings. The minimum atomic E-state index is -4.03. The predicted octanol–water partition coefficient (Wildman–Crippen LogP) is 4.07. The number of carbonyl (C=O) groups excluding carboxylic acids is 1. The Bertz CT molecular complexity index is 1160. The number of hydrogen-bond acceptors (Lipinski definition) is 5. The average Bonchev–Trinajstić information content (AvgIpc) is 3.20. The highest BCUT2D eigenvalue weighted by Gasteiger charge is 2.45. The number of fused-ring (bicyclic) bond motifs is 2. The normalized spacial score (nSPS) is 19.3. The molecule has 0 radical (unpaired) electrons. The number of methoxy groups -OCH3 is 1. The summed E-state index contributed by atoms with van der Waals surface area (Å²) in [6.07, 6.45) is -2.26. The number of alkyl halides is 3. The van der Waals surface area contributed by atoms with Crippen LogP contribution in [0.25, 0.3) is 5.57 Å². The number of hydrogen-bond donors (Lipinski definition) is 3. The van der Waals surface area contributed by atoms with Crippen LogP contribution in [0, 0.1) is 0 Å². The van der Waals surface area contributed by atoms with Crippen molar-refractivity contribution in [2.45, 2.75) is 43.8 Å². The van der Waals surface area contributed by atoms with Gasteiger partial charge in [0.1, 0.15) is 0 Å². The molecule has 2 aliphatic rings. The number of hydrazone groups is 1. The summed E-state index contributed by atoms with van der Waals surface area (Å²) >= 11 is 0. The van der Waals surface area contributed by atoms with E-state index in [1.165, 1.54) is 18.2 Å². The third-order valence-electron chi connectivity index (χ3n) is 6.65. The average molecular weight is 518 g/mol. The van der Waals surface area contributed by atoms with Crippen LogP contribution in [0.1, 0.15) is 42.4 Å². The summed E-state index contributed by atoms with van der Waals surface area (Å²) in [5.41, 5.74) is 11.4. The second kappa shape index (κ2) is 11.7. The molecule has 0 saturated heterocycles. The number of nitrogens with two attached hydrogens (primary N) is 2. The number of nitrogens with zero attached hydrogens (tertiary/aromatic N) is 2. The number of nitrogens with one attached hydrogen (secondary N) is 1. The van der Waals surface area contributed by atoms with Gasteiger partial charge in [-0.25, -0.2) is 0 Å². The van der Waals surface area contributed by atoms with Crippen LogP contribution in [0.15, 0.2) is 59.2 Å². The maximum Gasteiger partial charge on any atom is 0.389 e. The number of carbonyl (C=O) groups is 1. The first-order valence-electron chi connectivity index (χ1n) is 12.0. The molecule has 37 heavy (non-hydrogen) atoms. The standard InChI is InChI=1S/C22H25N5O.C5H9F3O/c1-27(2)16-9-7-14(8-10-16)17-13-22(25-21(28)19(17)20(23)26-24)12-11-15-5-3-4-6-18(15)22;1-9-4-2-3-5(6,7)8/h3-10H,11-13,24H2,1-2H3,(H2,23,26)(H,25,28);2-4H2,1H3. The van der Waals surface area contributed by atoms with Gasteiger partial charge in [0.25, 0.3) is 5.91 Å². The van der Waals surface area contributed by atoms with Gasteiger partial charge in [-0.15, -0.1) is 0 Å². The molecule has 4 rings (SSSR count). The van der Waals surface area contributed by atoms with E-state index in [0.717, 1.165) is 29.7 Å². The van der Waals surface area contributed by atoms with Crippen LogP contribution in [-0.2, 0) is 21.5 Å². The minimum Gasteiger partial charge on any atom is -0.385 e. The fourth-order valence-electron chi connectivity index (χ4n) is 4.81. The number of rotatable bonds is 6. The number of halogens is 3. The minimum absolute atomic E-state index is 0.0556. The Morgan fingerprint density at radius 2 is 1.84 bits per heavy atom. The fourth-order valence-corrected chi connectivity index (χ4v) is 4.81. The van der Waals surface area contributed by atoms with Gasteiger partial charge in [0.2, 0.25) is 0 Å². The van der Waals surface area contributed by atoms with Crippen LogP contribution in [0.3, 0.4) is 0 Å². The van der Waals surface area contributed by atoms with Gasteiger partial charge in [-0.2, -0.15) is 18.3 Å². The largest absolute Gasteiger partial charge is 0.389 e. The monoisotopic (exact) mass is 517 g/mol. The van der Waals surface area contributed by atoms with E-state index >= 15 is 0 Å². The van der Waals surface area contributed by atoms with E-state index < -0.39 is 18.1 Å². The van der Waals surface area contributed by atoms with E-state index in [2.05, 4.69) is 27.3 Å². The summed E-state index contributed by atoms with van der Waals surface area (Å²) in [5, 5.41) is 6.83. The number of aryl methyl sites for hydroxylation is 1. The van der Waals surface area contributed by atoms with Crippen LogP contribution in [0.2, 0.25) is 0 Å². The number of benzene rings is 2. The van der Waals surface area contributed by atoms with Gasteiger partial charge in [0.05, 0.1) is 11.1 Å². The molecule has 1 aliphatic carbocycles. The fraction of sp³-hybridized carbons (Fsp3) is 0.407. The molecule has 1 atom stereocenters. The van der Waals surface area contributed by atoms with Gasteiger partial charge in [0, 0.05) is 46.3 Å². The van der Waals surface area contributed by atoms with Crippen LogP contribution >= 0.6 is 0 Å². The Hall–Kier alpha value is -3.53. The second-order valence-corrected chi connectivity index (χ2v) is 9.39. The van der Waals surface area contributed by atoms with E-state index in [1.807, 2.05) is 55.4 Å². The van der Waals surface area contributed by atoms with E-state index in [1.54, 1.807) is 0 Å². The van der Waals surface area contributed by atoms with Crippen molar-refractivity contribution >= 4 is 23.0 Å². The van der Waals surface area contributed by atoms with Gasteiger partial charge in [-0.3, -0.25) is 4.79 Å². The molecule has 1 spiro atoms. The Morgan fingerprint density at radius 1 is 1.16 bits per heavy atom. The van der Waals surface area contributed by atoms with Crippen molar-refractivity contribution in [2.75, 3.05) is 32.7 Å². The lowest BCUT2D eigenvalue weighted by molar-refractivity contribution is -0.137. The summed E-state index contributed by atoms with van der Waals surface area (Å²) in [5.74, 6) is 5.27. The number of ether oxygens (including phenoxy) is 1. The van der Waals surface area contributed by atoms with Gasteiger partial charge in [-0.1, -0.05) is 36.4 Å². The summed E-state index contributed by atoms with van der Waals surface area (Å²) in [6.45, 7) is 0.180. The van der Waals surface area contributed by atoms with Crippen LogP contribution in [0.4, 0.5) is 18.9 Å². The molecule has 7 nitrogen and oxygen atoms in total. The maximum atomic E-state index is 13.1. The van der Waals surface area contributed by atoms with Crippen molar-refractivity contribution in [1.82, 2.24) is 5.32 Å². The smallest absolute Gasteiger partial charge is 0.385 e. The highest BCUT2D eigenvalue weighted by atomic mass is 19.4. The van der Waals surface area contributed by atoms with Crippen molar-refractivity contribution < 1.29 is 22.7 Å². The molecule has 0 fully saturated rings. The molecular weight excluding hydrogens is 483 g/mol.